The molecule has 0 fully saturated rings. The number of nitro benzene ring substituents is 1. The van der Waals surface area contributed by atoms with Crippen molar-refractivity contribution >= 4 is 49.4 Å². The minimum absolute atomic E-state index is 0.0434. The number of benzene rings is 3. The van der Waals surface area contributed by atoms with Gasteiger partial charge in [-0.25, -0.2) is 4.79 Å². The summed E-state index contributed by atoms with van der Waals surface area (Å²) >= 11 is 0. The van der Waals surface area contributed by atoms with Gasteiger partial charge in [0, 0.05) is 31.6 Å². The molecule has 2 heterocycles. The maximum absolute atomic E-state index is 13.1. The molecule has 172 valence electrons. The molecule has 5 rings (SSSR count). The van der Waals surface area contributed by atoms with Crippen LogP contribution in [0.3, 0.4) is 0 Å². The molecule has 1 aromatic heterocycles. The van der Waals surface area contributed by atoms with Gasteiger partial charge in [0.2, 0.25) is 0 Å². The number of hydrogen-bond acceptors (Lipinski definition) is 8. The van der Waals surface area contributed by atoms with Crippen molar-refractivity contribution in [1.82, 2.24) is 14.2 Å². The van der Waals surface area contributed by atoms with E-state index in [0.29, 0.717) is 11.0 Å². The largest absolute Gasteiger partial charge is 0.328 e. The number of nitrogens with zero attached hydrogens (tertiary/aromatic N) is 4. The minimum Gasteiger partial charge on any atom is -0.295 e. The fourth-order valence-electron chi connectivity index (χ4n) is 4.03. The molecular weight excluding hydrogens is 468 g/mol. The summed E-state index contributed by atoms with van der Waals surface area (Å²) in [6.45, 7) is 0. The van der Waals surface area contributed by atoms with Crippen molar-refractivity contribution in [2.75, 3.05) is 0 Å². The van der Waals surface area contributed by atoms with Gasteiger partial charge in [-0.3, -0.25) is 28.8 Å². The van der Waals surface area contributed by atoms with Crippen LogP contribution in [-0.2, 0) is 28.5 Å². The highest BCUT2D eigenvalue weighted by Gasteiger charge is 2.39. The van der Waals surface area contributed by atoms with E-state index in [-0.39, 0.29) is 32.7 Å². The minimum atomic E-state index is -4.71. The van der Waals surface area contributed by atoms with Crippen LogP contribution in [0.15, 0.2) is 58.2 Å². The topological polar surface area (TPSA) is 151 Å². The molecule has 13 heteroatoms. The zero-order valence-electron chi connectivity index (χ0n) is 17.6. The summed E-state index contributed by atoms with van der Waals surface area (Å²) in [5.74, 6) is -2.19. The van der Waals surface area contributed by atoms with Crippen LogP contribution in [-0.4, -0.2) is 39.4 Å². The number of fused-ring (bicyclic) bond motifs is 1. The molecule has 1 aliphatic heterocycles. The predicted octanol–water partition coefficient (Wildman–Crippen LogP) is 1.85. The first-order chi connectivity index (χ1) is 16.0. The Balaban J connectivity index is 1.61. The lowest BCUT2D eigenvalue weighted by molar-refractivity contribution is -0.384. The van der Waals surface area contributed by atoms with Gasteiger partial charge >= 0.3 is 15.8 Å². The summed E-state index contributed by atoms with van der Waals surface area (Å²) in [5, 5.41) is 11.8. The Morgan fingerprint density at radius 1 is 0.882 bits per heavy atom. The number of aryl methyl sites for hydroxylation is 2. The van der Waals surface area contributed by atoms with Crippen LogP contribution in [0.1, 0.15) is 20.7 Å². The SMILES string of the molecule is Cn1c(=O)n(C)c2cc(S(=O)(=O)ON3C(=O)c4cccc5cc([N+](=O)[O-])cc(c45)C3=O)ccc21. The van der Waals surface area contributed by atoms with E-state index in [0.717, 1.165) is 6.07 Å². The van der Waals surface area contributed by atoms with Crippen molar-refractivity contribution in [3.63, 3.8) is 0 Å². The number of carbonyl (C=O) groups is 2. The van der Waals surface area contributed by atoms with E-state index in [1.54, 1.807) is 0 Å². The number of carbonyl (C=O) groups excluding carboxylic acids is 2. The highest BCUT2D eigenvalue weighted by Crippen LogP contribution is 2.34. The molecule has 2 amide bonds. The number of nitro groups is 1. The molecule has 0 atom stereocenters. The van der Waals surface area contributed by atoms with E-state index >= 15 is 0 Å². The average Bonchev–Trinajstić information content (AvgIpc) is 3.03. The molecular formula is C21H14N4O8S. The second-order valence-electron chi connectivity index (χ2n) is 7.64. The first-order valence-corrected chi connectivity index (χ1v) is 11.1. The molecule has 0 unspecified atom stereocenters. The van der Waals surface area contributed by atoms with Gasteiger partial charge in [0.1, 0.15) is 0 Å². The Morgan fingerprint density at radius 3 is 2.26 bits per heavy atom. The Kier molecular flexibility index (Phi) is 4.47. The third kappa shape index (κ3) is 2.94. The molecule has 0 saturated heterocycles. The average molecular weight is 482 g/mol. The molecule has 12 nitrogen and oxygen atoms in total. The van der Waals surface area contributed by atoms with Crippen molar-refractivity contribution < 1.29 is 27.2 Å². The number of rotatable bonds is 4. The van der Waals surface area contributed by atoms with Crippen LogP contribution in [0.25, 0.3) is 21.8 Å². The number of hydrogen-bond donors (Lipinski definition) is 0. The molecule has 0 saturated carbocycles. The normalized spacial score (nSPS) is 13.8. The van der Waals surface area contributed by atoms with E-state index in [9.17, 15) is 32.9 Å². The molecule has 0 N–H and O–H groups in total. The maximum atomic E-state index is 13.1. The first-order valence-electron chi connectivity index (χ1n) is 9.71. The third-order valence-corrected chi connectivity index (χ3v) is 6.88. The number of hydroxylamine groups is 2. The zero-order chi connectivity index (χ0) is 24.5. The summed E-state index contributed by atoms with van der Waals surface area (Å²) in [7, 11) is -1.72. The Labute approximate surface area is 190 Å². The summed E-state index contributed by atoms with van der Waals surface area (Å²) in [6, 6.07) is 10.3. The van der Waals surface area contributed by atoms with Crippen LogP contribution in [0.5, 0.6) is 0 Å². The van der Waals surface area contributed by atoms with Crippen LogP contribution in [0.2, 0.25) is 0 Å². The molecule has 0 radical (unpaired) electrons. The highest BCUT2D eigenvalue weighted by atomic mass is 32.2. The van der Waals surface area contributed by atoms with Gasteiger partial charge in [-0.1, -0.05) is 12.1 Å². The molecule has 34 heavy (non-hydrogen) atoms. The number of amides is 2. The molecule has 1 aliphatic rings. The van der Waals surface area contributed by atoms with Gasteiger partial charge in [0.15, 0.2) is 0 Å². The Hall–Kier alpha value is -4.36. The van der Waals surface area contributed by atoms with Gasteiger partial charge in [-0.15, -0.1) is 9.35 Å². The summed E-state index contributed by atoms with van der Waals surface area (Å²) in [5.41, 5.74) is -0.309. The van der Waals surface area contributed by atoms with Crippen LogP contribution in [0, 0.1) is 10.1 Å². The van der Waals surface area contributed by atoms with Gasteiger partial charge in [0.05, 0.1) is 32.0 Å². The maximum Gasteiger partial charge on any atom is 0.328 e. The smallest absolute Gasteiger partial charge is 0.295 e. The van der Waals surface area contributed by atoms with Crippen LogP contribution >= 0.6 is 0 Å². The molecule has 0 spiro atoms. The van der Waals surface area contributed by atoms with E-state index in [1.165, 1.54) is 65.7 Å². The highest BCUT2D eigenvalue weighted by molar-refractivity contribution is 7.86. The first kappa shape index (κ1) is 21.5. The monoisotopic (exact) mass is 482 g/mol. The zero-order valence-corrected chi connectivity index (χ0v) is 18.4. The van der Waals surface area contributed by atoms with Crippen molar-refractivity contribution in [2.45, 2.75) is 4.90 Å². The molecule has 0 bridgehead atoms. The second kappa shape index (κ2) is 7.07. The van der Waals surface area contributed by atoms with Crippen molar-refractivity contribution in [1.29, 1.82) is 0 Å². The lowest BCUT2D eigenvalue weighted by atomic mass is 9.94. The summed E-state index contributed by atoms with van der Waals surface area (Å²) in [4.78, 5) is 48.4. The summed E-state index contributed by atoms with van der Waals surface area (Å²) in [6.07, 6.45) is 0. The molecule has 3 aromatic carbocycles. The second-order valence-corrected chi connectivity index (χ2v) is 9.17. The van der Waals surface area contributed by atoms with Crippen LogP contribution in [0.4, 0.5) is 5.69 Å². The van der Waals surface area contributed by atoms with Crippen molar-refractivity contribution in [3.05, 3.63) is 80.3 Å². The number of aromatic nitrogens is 2. The fraction of sp³-hybridized carbons (Fsp3) is 0.0952. The van der Waals surface area contributed by atoms with Crippen molar-refractivity contribution in [2.24, 2.45) is 14.1 Å². The van der Waals surface area contributed by atoms with E-state index in [1.807, 2.05) is 0 Å². The summed E-state index contributed by atoms with van der Waals surface area (Å²) < 4.78 is 33.5. The Bertz CT molecular complexity index is 1770. The fourth-order valence-corrected chi connectivity index (χ4v) is 4.93. The quantitative estimate of drug-likeness (QED) is 0.243. The lowest BCUT2D eigenvalue weighted by Crippen LogP contribution is -2.41. The van der Waals surface area contributed by atoms with Gasteiger partial charge in [0.25, 0.3) is 17.5 Å². The Morgan fingerprint density at radius 2 is 1.56 bits per heavy atom. The number of imidazole rings is 1. The van der Waals surface area contributed by atoms with Crippen LogP contribution < -0.4 is 5.69 Å². The lowest BCUT2D eigenvalue weighted by Gasteiger charge is -2.25. The number of imide groups is 1. The van der Waals surface area contributed by atoms with Crippen molar-refractivity contribution in [3.8, 4) is 0 Å². The van der Waals surface area contributed by atoms with E-state index < -0.39 is 37.4 Å². The van der Waals surface area contributed by atoms with Gasteiger partial charge in [-0.05, 0) is 29.7 Å². The predicted molar refractivity (Wildman–Crippen MR) is 118 cm³/mol. The van der Waals surface area contributed by atoms with Gasteiger partial charge in [-0.2, -0.15) is 8.42 Å². The molecule has 4 aromatic rings. The standard InChI is InChI=1S/C21H14N4O8S/c1-22-16-7-6-13(10-17(16)23(2)21(22)28)34(31,32)33-24-19(26)14-5-3-4-11-8-12(25(29)30)9-15(18(11)14)20(24)27/h3-10H,1-2H3. The van der Waals surface area contributed by atoms with Gasteiger partial charge < -0.3 is 0 Å². The molecule has 0 aliphatic carbocycles. The van der Waals surface area contributed by atoms with E-state index in [4.69, 9.17) is 4.28 Å². The third-order valence-electron chi connectivity index (χ3n) is 5.71. The number of non-ortho nitro benzene ring substituents is 1. The van der Waals surface area contributed by atoms with E-state index in [2.05, 4.69) is 0 Å².